The molecule has 0 aliphatic rings. The minimum Gasteiger partial charge on any atom is -0.494 e. The summed E-state index contributed by atoms with van der Waals surface area (Å²) in [6.07, 6.45) is -1.19. The molecule has 1 aromatic heterocycles. The topological polar surface area (TPSA) is 62.7 Å². The maximum absolute atomic E-state index is 14.0. The van der Waals surface area contributed by atoms with Gasteiger partial charge in [0.2, 0.25) is 5.95 Å². The second-order valence-corrected chi connectivity index (χ2v) is 5.15. The number of ether oxygens (including phenoxy) is 1. The summed E-state index contributed by atoms with van der Waals surface area (Å²) in [7, 11) is 0. The number of amides is 1. The average Bonchev–Trinajstić information content (AvgIpc) is 2.26. The number of anilines is 1. The van der Waals surface area contributed by atoms with E-state index in [2.05, 4.69) is 11.6 Å². The van der Waals surface area contributed by atoms with E-state index in [4.69, 9.17) is 4.74 Å². The third-order valence-corrected chi connectivity index (χ3v) is 2.54. The molecule has 0 fully saturated rings. The first-order valence-electron chi connectivity index (χ1n) is 6.20. The van der Waals surface area contributed by atoms with Crippen LogP contribution in [-0.2, 0) is 4.74 Å². The molecular weight excluding hydrogens is 263 g/mol. The van der Waals surface area contributed by atoms with Crippen molar-refractivity contribution < 1.29 is 19.0 Å². The van der Waals surface area contributed by atoms with E-state index in [1.165, 1.54) is 12.1 Å². The standard InChI is InChI=1S/C14H19FN2O3/c1-6-20-9(2)10-7-8-11(16-12(10)15)17(13(18)19)14(3,4)5/h7-8H,2,6H2,1,3-5H3,(H,18,19). The Balaban J connectivity index is 3.20. The predicted molar refractivity (Wildman–Crippen MR) is 75.1 cm³/mol. The fourth-order valence-electron chi connectivity index (χ4n) is 1.74. The van der Waals surface area contributed by atoms with E-state index >= 15 is 0 Å². The van der Waals surface area contributed by atoms with Crippen LogP contribution in [0.15, 0.2) is 18.7 Å². The number of rotatable bonds is 4. The predicted octanol–water partition coefficient (Wildman–Crippen LogP) is 3.51. The van der Waals surface area contributed by atoms with Crippen molar-refractivity contribution in [2.24, 2.45) is 0 Å². The Morgan fingerprint density at radius 1 is 1.50 bits per heavy atom. The highest BCUT2D eigenvalue weighted by Gasteiger charge is 2.29. The van der Waals surface area contributed by atoms with Gasteiger partial charge in [-0.25, -0.2) is 9.78 Å². The molecule has 1 N–H and O–H groups in total. The van der Waals surface area contributed by atoms with Crippen molar-refractivity contribution in [2.75, 3.05) is 11.5 Å². The molecule has 0 aliphatic heterocycles. The quantitative estimate of drug-likeness (QED) is 0.678. The highest BCUT2D eigenvalue weighted by molar-refractivity contribution is 5.86. The van der Waals surface area contributed by atoms with Crippen LogP contribution in [0.4, 0.5) is 15.0 Å². The first-order chi connectivity index (χ1) is 9.18. The molecule has 110 valence electrons. The summed E-state index contributed by atoms with van der Waals surface area (Å²) < 4.78 is 19.1. The van der Waals surface area contributed by atoms with Crippen molar-refractivity contribution in [3.8, 4) is 0 Å². The molecule has 0 unspecified atom stereocenters. The molecule has 0 saturated heterocycles. The number of hydrogen-bond acceptors (Lipinski definition) is 3. The minimum absolute atomic E-state index is 0.0237. The summed E-state index contributed by atoms with van der Waals surface area (Å²) in [6.45, 7) is 10.8. The van der Waals surface area contributed by atoms with Crippen LogP contribution in [0.3, 0.4) is 0 Å². The Labute approximate surface area is 117 Å². The SMILES string of the molecule is C=C(OCC)c1ccc(N(C(=O)O)C(C)(C)C)nc1F. The molecule has 0 radical (unpaired) electrons. The summed E-state index contributed by atoms with van der Waals surface area (Å²) in [4.78, 5) is 16.0. The van der Waals surface area contributed by atoms with Crippen LogP contribution < -0.4 is 4.90 Å². The highest BCUT2D eigenvalue weighted by Crippen LogP contribution is 2.25. The zero-order valence-electron chi connectivity index (χ0n) is 12.1. The fourth-order valence-corrected chi connectivity index (χ4v) is 1.74. The van der Waals surface area contributed by atoms with Crippen molar-refractivity contribution in [3.63, 3.8) is 0 Å². The monoisotopic (exact) mass is 282 g/mol. The molecule has 1 heterocycles. The lowest BCUT2D eigenvalue weighted by Gasteiger charge is -2.32. The van der Waals surface area contributed by atoms with E-state index in [0.29, 0.717) is 6.61 Å². The molecule has 0 bridgehead atoms. The van der Waals surface area contributed by atoms with Crippen LogP contribution in [0.5, 0.6) is 0 Å². The number of hydrogen-bond donors (Lipinski definition) is 1. The van der Waals surface area contributed by atoms with Crippen molar-refractivity contribution in [2.45, 2.75) is 33.2 Å². The van der Waals surface area contributed by atoms with Gasteiger partial charge in [-0.05, 0) is 39.8 Å². The van der Waals surface area contributed by atoms with E-state index in [1.807, 2.05) is 0 Å². The Kier molecular flexibility index (Phi) is 4.70. The van der Waals surface area contributed by atoms with Crippen molar-refractivity contribution in [3.05, 3.63) is 30.2 Å². The average molecular weight is 282 g/mol. The van der Waals surface area contributed by atoms with Crippen molar-refractivity contribution in [1.82, 2.24) is 4.98 Å². The maximum Gasteiger partial charge on any atom is 0.413 e. The molecule has 0 atom stereocenters. The van der Waals surface area contributed by atoms with Gasteiger partial charge in [0.15, 0.2) is 0 Å². The van der Waals surface area contributed by atoms with E-state index in [1.54, 1.807) is 27.7 Å². The van der Waals surface area contributed by atoms with Gasteiger partial charge in [0, 0.05) is 5.54 Å². The van der Waals surface area contributed by atoms with Gasteiger partial charge in [0.25, 0.3) is 0 Å². The summed E-state index contributed by atoms with van der Waals surface area (Å²) in [5, 5.41) is 9.24. The van der Waals surface area contributed by atoms with E-state index in [-0.39, 0.29) is 17.1 Å². The van der Waals surface area contributed by atoms with Gasteiger partial charge in [0.05, 0.1) is 12.2 Å². The highest BCUT2D eigenvalue weighted by atomic mass is 19.1. The number of carbonyl (C=O) groups is 1. The lowest BCUT2D eigenvalue weighted by Crippen LogP contribution is -2.45. The zero-order chi connectivity index (χ0) is 15.5. The smallest absolute Gasteiger partial charge is 0.413 e. The molecule has 0 aliphatic carbocycles. The van der Waals surface area contributed by atoms with E-state index in [9.17, 15) is 14.3 Å². The van der Waals surface area contributed by atoms with Crippen LogP contribution in [0.2, 0.25) is 0 Å². The Morgan fingerprint density at radius 2 is 2.10 bits per heavy atom. The number of pyridine rings is 1. The van der Waals surface area contributed by atoms with Gasteiger partial charge >= 0.3 is 6.09 Å². The lowest BCUT2D eigenvalue weighted by molar-refractivity contribution is 0.195. The third kappa shape index (κ3) is 3.46. The molecule has 0 aromatic carbocycles. The maximum atomic E-state index is 14.0. The Morgan fingerprint density at radius 3 is 2.50 bits per heavy atom. The van der Waals surface area contributed by atoms with Gasteiger partial charge in [-0.15, -0.1) is 0 Å². The normalized spacial score (nSPS) is 11.1. The third-order valence-electron chi connectivity index (χ3n) is 2.54. The summed E-state index contributed by atoms with van der Waals surface area (Å²) >= 11 is 0. The first kappa shape index (κ1) is 15.9. The second-order valence-electron chi connectivity index (χ2n) is 5.15. The summed E-state index contributed by atoms with van der Waals surface area (Å²) in [5.74, 6) is -0.617. The Bertz CT molecular complexity index is 524. The number of aromatic nitrogens is 1. The molecule has 5 nitrogen and oxygen atoms in total. The van der Waals surface area contributed by atoms with Crippen LogP contribution in [0.1, 0.15) is 33.3 Å². The largest absolute Gasteiger partial charge is 0.494 e. The van der Waals surface area contributed by atoms with Crippen LogP contribution in [0.25, 0.3) is 5.76 Å². The summed E-state index contributed by atoms with van der Waals surface area (Å²) in [6, 6.07) is 2.85. The van der Waals surface area contributed by atoms with Crippen LogP contribution >= 0.6 is 0 Å². The molecule has 1 aromatic rings. The first-order valence-corrected chi connectivity index (χ1v) is 6.20. The molecular formula is C14H19FN2O3. The molecule has 1 amide bonds. The van der Waals surface area contributed by atoms with Gasteiger partial charge in [-0.1, -0.05) is 6.58 Å². The molecule has 20 heavy (non-hydrogen) atoms. The fraction of sp³-hybridized carbons (Fsp3) is 0.429. The Hall–Kier alpha value is -2.11. The minimum atomic E-state index is -1.19. The molecule has 6 heteroatoms. The summed E-state index contributed by atoms with van der Waals surface area (Å²) in [5.41, 5.74) is -0.612. The second kappa shape index (κ2) is 5.90. The van der Waals surface area contributed by atoms with Gasteiger partial charge in [-0.3, -0.25) is 4.90 Å². The number of halogens is 1. The van der Waals surface area contributed by atoms with Gasteiger partial charge in [-0.2, -0.15) is 4.39 Å². The molecule has 1 rings (SSSR count). The zero-order valence-corrected chi connectivity index (χ0v) is 12.1. The van der Waals surface area contributed by atoms with Crippen molar-refractivity contribution in [1.29, 1.82) is 0 Å². The lowest BCUT2D eigenvalue weighted by atomic mass is 10.1. The number of nitrogens with zero attached hydrogens (tertiary/aromatic N) is 2. The van der Waals surface area contributed by atoms with Crippen LogP contribution in [0, 0.1) is 5.95 Å². The van der Waals surface area contributed by atoms with E-state index < -0.39 is 17.6 Å². The van der Waals surface area contributed by atoms with Crippen molar-refractivity contribution >= 4 is 17.7 Å². The number of carboxylic acid groups (broad SMARTS) is 1. The molecule has 0 saturated carbocycles. The van der Waals surface area contributed by atoms with Gasteiger partial charge in [0.1, 0.15) is 11.6 Å². The van der Waals surface area contributed by atoms with Crippen LogP contribution in [-0.4, -0.2) is 28.3 Å². The van der Waals surface area contributed by atoms with E-state index in [0.717, 1.165) is 4.90 Å². The molecule has 0 spiro atoms. The van der Waals surface area contributed by atoms with Gasteiger partial charge < -0.3 is 9.84 Å².